The minimum Gasteiger partial charge on any atom is -0.387 e. The van der Waals surface area contributed by atoms with Crippen LogP contribution in [0, 0.1) is 0 Å². The van der Waals surface area contributed by atoms with Gasteiger partial charge in [0.15, 0.2) is 0 Å². The Balaban J connectivity index is 3.78. The highest BCUT2D eigenvalue weighted by Gasteiger charge is 2.27. The van der Waals surface area contributed by atoms with Crippen molar-refractivity contribution in [3.8, 4) is 0 Å². The number of phosphoric ester groups is 1. The van der Waals surface area contributed by atoms with Crippen molar-refractivity contribution in [1.82, 2.24) is 5.32 Å². The highest BCUT2D eigenvalue weighted by molar-refractivity contribution is 7.47. The smallest absolute Gasteiger partial charge is 0.387 e. The van der Waals surface area contributed by atoms with Crippen molar-refractivity contribution >= 4 is 13.7 Å². The van der Waals surface area contributed by atoms with Gasteiger partial charge in [0, 0.05) is 6.42 Å². The van der Waals surface area contributed by atoms with Crippen LogP contribution < -0.4 is 5.32 Å². The first-order chi connectivity index (χ1) is 32.0. The third-order valence-electron chi connectivity index (χ3n) is 13.2. The van der Waals surface area contributed by atoms with Gasteiger partial charge in [0.25, 0.3) is 0 Å². The number of carbonyl (C=O) groups excluding carboxylic acids is 1. The molecule has 66 heavy (non-hydrogen) atoms. The van der Waals surface area contributed by atoms with Gasteiger partial charge in [-0.1, -0.05) is 276 Å². The number of likely N-dealkylation sites (N-methyl/N-ethyl adjacent to an activating group) is 1. The molecule has 0 aromatic heterocycles. The largest absolute Gasteiger partial charge is 0.472 e. The standard InChI is InChI=1S/C57H113N2O6P/c1-6-8-10-12-14-16-17-18-19-20-21-22-23-24-25-26-27-28-29-30-31-32-33-34-35-36-37-38-39-40-41-42-43-45-47-49-51-57(61)58-55(54-65-66(62,63)64-53-52-59(3,4)5)56(60)50-48-46-44-15-13-11-9-7-2/h13,15,48,50,55-56,60H,6-12,14,16-47,49,51-54H2,1-5H3,(H-,58,61,62,63)/p+1/b15-13+,50-48+. The van der Waals surface area contributed by atoms with Crippen molar-refractivity contribution in [2.75, 3.05) is 40.9 Å². The van der Waals surface area contributed by atoms with E-state index in [1.54, 1.807) is 6.08 Å². The first kappa shape index (κ1) is 65.0. The summed E-state index contributed by atoms with van der Waals surface area (Å²) in [7, 11) is 1.56. The van der Waals surface area contributed by atoms with E-state index in [0.717, 1.165) is 38.5 Å². The second-order valence-corrected chi connectivity index (χ2v) is 22.5. The Kier molecular flexibility index (Phi) is 48.2. The van der Waals surface area contributed by atoms with Gasteiger partial charge in [-0.25, -0.2) is 4.57 Å². The normalized spacial score (nSPS) is 14.1. The molecule has 1 amide bonds. The molecule has 0 spiro atoms. The lowest BCUT2D eigenvalue weighted by atomic mass is 10.0. The van der Waals surface area contributed by atoms with E-state index in [2.05, 4.69) is 31.3 Å². The van der Waals surface area contributed by atoms with Crippen molar-refractivity contribution in [2.24, 2.45) is 0 Å². The van der Waals surface area contributed by atoms with Crippen LogP contribution in [0.3, 0.4) is 0 Å². The van der Waals surface area contributed by atoms with E-state index < -0.39 is 20.0 Å². The average Bonchev–Trinajstić information content (AvgIpc) is 3.28. The molecule has 0 aromatic carbocycles. The summed E-state index contributed by atoms with van der Waals surface area (Å²) < 4.78 is 23.5. The van der Waals surface area contributed by atoms with E-state index >= 15 is 0 Å². The minimum absolute atomic E-state index is 0.0578. The lowest BCUT2D eigenvalue weighted by Gasteiger charge is -2.25. The van der Waals surface area contributed by atoms with Gasteiger partial charge in [-0.15, -0.1) is 0 Å². The summed E-state index contributed by atoms with van der Waals surface area (Å²) in [6, 6.07) is -0.857. The van der Waals surface area contributed by atoms with Gasteiger partial charge >= 0.3 is 7.82 Å². The van der Waals surface area contributed by atoms with Crippen LogP contribution in [0.15, 0.2) is 24.3 Å². The molecule has 0 radical (unpaired) electrons. The van der Waals surface area contributed by atoms with Crippen LogP contribution in [0.5, 0.6) is 0 Å². The lowest BCUT2D eigenvalue weighted by Crippen LogP contribution is -2.45. The van der Waals surface area contributed by atoms with Gasteiger partial charge in [0.05, 0.1) is 39.9 Å². The monoisotopic (exact) mass is 954 g/mol. The fourth-order valence-electron chi connectivity index (χ4n) is 8.64. The zero-order valence-electron chi connectivity index (χ0n) is 44.7. The Bertz CT molecular complexity index is 1130. The molecular weight excluding hydrogens is 840 g/mol. The summed E-state index contributed by atoms with van der Waals surface area (Å²) in [4.78, 5) is 23.1. The van der Waals surface area contributed by atoms with E-state index in [0.29, 0.717) is 17.4 Å². The number of nitrogens with one attached hydrogen (secondary N) is 1. The highest BCUT2D eigenvalue weighted by Crippen LogP contribution is 2.43. The minimum atomic E-state index is -4.34. The van der Waals surface area contributed by atoms with Crippen LogP contribution >= 0.6 is 7.82 Å². The number of phosphoric acid groups is 1. The fourth-order valence-corrected chi connectivity index (χ4v) is 9.37. The van der Waals surface area contributed by atoms with Crippen LogP contribution in [0.4, 0.5) is 0 Å². The number of aliphatic hydroxyl groups is 1. The van der Waals surface area contributed by atoms with E-state index in [4.69, 9.17) is 9.05 Å². The molecule has 3 unspecified atom stereocenters. The Hall–Kier alpha value is -1.02. The van der Waals surface area contributed by atoms with Crippen molar-refractivity contribution in [3.63, 3.8) is 0 Å². The van der Waals surface area contributed by atoms with Crippen LogP contribution in [0.1, 0.15) is 284 Å². The van der Waals surface area contributed by atoms with E-state index in [-0.39, 0.29) is 19.1 Å². The summed E-state index contributed by atoms with van der Waals surface area (Å²) in [6.07, 6.45) is 62.0. The summed E-state index contributed by atoms with van der Waals surface area (Å²) in [5, 5.41) is 13.7. The molecule has 0 saturated heterocycles. The molecule has 0 aliphatic rings. The summed E-state index contributed by atoms with van der Waals surface area (Å²) in [5.41, 5.74) is 0. The molecular formula is C57H114N2O6P+. The molecule has 0 aromatic rings. The van der Waals surface area contributed by atoms with Crippen molar-refractivity contribution in [2.45, 2.75) is 296 Å². The van der Waals surface area contributed by atoms with E-state index in [1.807, 2.05) is 27.2 Å². The third kappa shape index (κ3) is 50.8. The Morgan fingerprint density at radius 3 is 1.20 bits per heavy atom. The predicted molar refractivity (Wildman–Crippen MR) is 286 cm³/mol. The Morgan fingerprint density at radius 1 is 0.500 bits per heavy atom. The summed E-state index contributed by atoms with van der Waals surface area (Å²) in [6.45, 7) is 4.74. The SMILES string of the molecule is CCCC/C=C/CC/C=C/C(O)C(COP(=O)(O)OCC[N+](C)(C)C)NC(=O)CCCCCCCCCCCCCCCCCCCCCCCCCCCCCCCCCCCCCC. The summed E-state index contributed by atoms with van der Waals surface area (Å²) in [5.74, 6) is -0.185. The topological polar surface area (TPSA) is 105 Å². The molecule has 392 valence electrons. The van der Waals surface area contributed by atoms with Crippen LogP contribution in [-0.4, -0.2) is 73.4 Å². The molecule has 0 aliphatic carbocycles. The molecule has 8 nitrogen and oxygen atoms in total. The number of amides is 1. The maximum atomic E-state index is 12.9. The van der Waals surface area contributed by atoms with Gasteiger partial charge in [0.2, 0.25) is 5.91 Å². The molecule has 0 heterocycles. The maximum absolute atomic E-state index is 12.9. The number of hydrogen-bond acceptors (Lipinski definition) is 5. The van der Waals surface area contributed by atoms with Crippen LogP contribution in [-0.2, 0) is 18.4 Å². The lowest BCUT2D eigenvalue weighted by molar-refractivity contribution is -0.870. The Labute approximate surface area is 411 Å². The van der Waals surface area contributed by atoms with Crippen LogP contribution in [0.25, 0.3) is 0 Å². The quantitative estimate of drug-likeness (QED) is 0.0243. The van der Waals surface area contributed by atoms with Gasteiger partial charge in [-0.05, 0) is 25.7 Å². The molecule has 0 rings (SSSR count). The van der Waals surface area contributed by atoms with E-state index in [9.17, 15) is 19.4 Å². The molecule has 0 saturated carbocycles. The third-order valence-corrected chi connectivity index (χ3v) is 14.2. The number of nitrogens with zero attached hydrogens (tertiary/aromatic N) is 1. The number of rotatable bonds is 53. The zero-order chi connectivity index (χ0) is 48.5. The van der Waals surface area contributed by atoms with Gasteiger partial charge < -0.3 is 19.8 Å². The van der Waals surface area contributed by atoms with Crippen molar-refractivity contribution < 1.29 is 32.9 Å². The Morgan fingerprint density at radius 2 is 0.833 bits per heavy atom. The van der Waals surface area contributed by atoms with Crippen LogP contribution in [0.2, 0.25) is 0 Å². The van der Waals surface area contributed by atoms with Gasteiger partial charge in [0.1, 0.15) is 13.2 Å². The second kappa shape index (κ2) is 49.0. The molecule has 3 N–H and O–H groups in total. The molecule has 0 bridgehead atoms. The molecule has 3 atom stereocenters. The number of allylic oxidation sites excluding steroid dienone is 3. The number of quaternary nitrogens is 1. The first-order valence-corrected chi connectivity index (χ1v) is 30.2. The molecule has 9 heteroatoms. The van der Waals surface area contributed by atoms with E-state index in [1.165, 1.54) is 225 Å². The molecule has 0 aliphatic heterocycles. The molecule has 0 fully saturated rings. The number of carbonyl (C=O) groups is 1. The highest BCUT2D eigenvalue weighted by atomic mass is 31.2. The second-order valence-electron chi connectivity index (χ2n) is 21.0. The van der Waals surface area contributed by atoms with Gasteiger partial charge in [-0.2, -0.15) is 0 Å². The number of aliphatic hydroxyl groups excluding tert-OH is 1. The number of unbranched alkanes of at least 4 members (excludes halogenated alkanes) is 38. The number of hydrogen-bond donors (Lipinski definition) is 3. The van der Waals surface area contributed by atoms with Crippen molar-refractivity contribution in [3.05, 3.63) is 24.3 Å². The fraction of sp³-hybridized carbons (Fsp3) is 0.912. The van der Waals surface area contributed by atoms with Crippen molar-refractivity contribution in [1.29, 1.82) is 0 Å². The predicted octanol–water partition coefficient (Wildman–Crippen LogP) is 17.2. The zero-order valence-corrected chi connectivity index (χ0v) is 45.6. The summed E-state index contributed by atoms with van der Waals surface area (Å²) >= 11 is 0. The maximum Gasteiger partial charge on any atom is 0.472 e. The average molecular weight is 955 g/mol. The van der Waals surface area contributed by atoms with Gasteiger partial charge in [-0.3, -0.25) is 13.8 Å². The first-order valence-electron chi connectivity index (χ1n) is 28.7.